The molecular weight excluding hydrogens is 438 g/mol. The summed E-state index contributed by atoms with van der Waals surface area (Å²) >= 11 is 0. The van der Waals surface area contributed by atoms with Gasteiger partial charge in [-0.2, -0.15) is 0 Å². The van der Waals surface area contributed by atoms with Gasteiger partial charge >= 0.3 is 0 Å². The number of amides is 1. The van der Waals surface area contributed by atoms with Gasteiger partial charge in [-0.05, 0) is 44.3 Å². The van der Waals surface area contributed by atoms with Gasteiger partial charge in [-0.15, -0.1) is 0 Å². The lowest BCUT2D eigenvalue weighted by Crippen LogP contribution is -2.52. The molecule has 0 spiro atoms. The smallest absolute Gasteiger partial charge is 0.223 e. The number of likely N-dealkylation sites (tertiary alicyclic amines) is 1. The molecule has 3 fully saturated rings. The molecule has 1 aromatic carbocycles. The van der Waals surface area contributed by atoms with E-state index >= 15 is 0 Å². The molecule has 3 aliphatic rings. The zero-order valence-corrected chi connectivity index (χ0v) is 19.3. The summed E-state index contributed by atoms with van der Waals surface area (Å²) in [4.78, 5) is 15.1. The molecular formula is C21H31N3O5S2. The highest BCUT2D eigenvalue weighted by molar-refractivity contribution is 7.91. The van der Waals surface area contributed by atoms with Crippen LogP contribution >= 0.6 is 0 Å². The number of nitrogens with zero attached hydrogens (tertiary/aromatic N) is 2. The SMILES string of the molecule is O=C(NC1CS(=O)(=O)CC1N1CCCC1)C1CCN(S(=O)(=O)Cc2ccccc2)CC1. The lowest BCUT2D eigenvalue weighted by Gasteiger charge is -2.33. The molecule has 3 aliphatic heterocycles. The van der Waals surface area contributed by atoms with Crippen molar-refractivity contribution >= 4 is 25.8 Å². The van der Waals surface area contributed by atoms with Gasteiger partial charge in [0.05, 0.1) is 23.3 Å². The first-order valence-corrected chi connectivity index (χ1v) is 14.4. The molecule has 0 saturated carbocycles. The molecule has 10 heteroatoms. The molecule has 3 heterocycles. The molecule has 2 unspecified atom stereocenters. The van der Waals surface area contributed by atoms with Crippen LogP contribution < -0.4 is 5.32 Å². The molecule has 31 heavy (non-hydrogen) atoms. The van der Waals surface area contributed by atoms with E-state index in [4.69, 9.17) is 0 Å². The number of carbonyl (C=O) groups is 1. The number of carbonyl (C=O) groups excluding carboxylic acids is 1. The summed E-state index contributed by atoms with van der Waals surface area (Å²) in [5, 5.41) is 3.00. The van der Waals surface area contributed by atoms with E-state index in [0.29, 0.717) is 25.9 Å². The van der Waals surface area contributed by atoms with Crippen LogP contribution in [0.4, 0.5) is 0 Å². The van der Waals surface area contributed by atoms with E-state index in [-0.39, 0.29) is 41.2 Å². The van der Waals surface area contributed by atoms with Crippen molar-refractivity contribution in [3.05, 3.63) is 35.9 Å². The highest BCUT2D eigenvalue weighted by Crippen LogP contribution is 2.25. The van der Waals surface area contributed by atoms with Gasteiger partial charge in [0.2, 0.25) is 15.9 Å². The topological polar surface area (TPSA) is 104 Å². The second-order valence-electron chi connectivity index (χ2n) is 8.92. The first-order valence-electron chi connectivity index (χ1n) is 11.0. The van der Waals surface area contributed by atoms with Crippen LogP contribution in [0.3, 0.4) is 0 Å². The van der Waals surface area contributed by atoms with Crippen LogP contribution in [0.15, 0.2) is 30.3 Å². The summed E-state index contributed by atoms with van der Waals surface area (Å²) < 4.78 is 51.4. The van der Waals surface area contributed by atoms with Crippen molar-refractivity contribution in [1.82, 2.24) is 14.5 Å². The Hall–Kier alpha value is -1.49. The first kappa shape index (κ1) is 22.7. The van der Waals surface area contributed by atoms with E-state index in [1.54, 1.807) is 12.1 Å². The fourth-order valence-electron chi connectivity index (χ4n) is 4.97. The molecule has 0 aliphatic carbocycles. The number of nitrogens with one attached hydrogen (secondary N) is 1. The maximum Gasteiger partial charge on any atom is 0.223 e. The third kappa shape index (κ3) is 5.47. The fourth-order valence-corrected chi connectivity index (χ4v) is 8.49. The predicted octanol–water partition coefficient (Wildman–Crippen LogP) is 0.606. The third-order valence-corrected chi connectivity index (χ3v) is 10.2. The van der Waals surface area contributed by atoms with Crippen molar-refractivity contribution in [2.45, 2.75) is 43.5 Å². The lowest BCUT2D eigenvalue weighted by molar-refractivity contribution is -0.127. The molecule has 1 N–H and O–H groups in total. The Morgan fingerprint density at radius 2 is 1.65 bits per heavy atom. The average Bonchev–Trinajstić information content (AvgIpc) is 3.36. The minimum atomic E-state index is -3.43. The van der Waals surface area contributed by atoms with E-state index in [0.717, 1.165) is 31.5 Å². The van der Waals surface area contributed by atoms with Crippen LogP contribution in [-0.4, -0.2) is 81.7 Å². The summed E-state index contributed by atoms with van der Waals surface area (Å²) in [6.45, 7) is 2.38. The Morgan fingerprint density at radius 3 is 2.29 bits per heavy atom. The standard InChI is InChI=1S/C21H31N3O5S2/c25-21(22-19-15-30(26,27)16-20(19)23-10-4-5-11-23)18-8-12-24(13-9-18)31(28,29)14-17-6-2-1-3-7-17/h1-3,6-7,18-20H,4-5,8-16H2,(H,22,25). The van der Waals surface area contributed by atoms with Gasteiger partial charge in [-0.25, -0.2) is 21.1 Å². The van der Waals surface area contributed by atoms with Crippen LogP contribution in [0.2, 0.25) is 0 Å². The van der Waals surface area contributed by atoms with E-state index in [9.17, 15) is 21.6 Å². The van der Waals surface area contributed by atoms with E-state index in [1.165, 1.54) is 4.31 Å². The van der Waals surface area contributed by atoms with Crippen LogP contribution in [-0.2, 0) is 30.4 Å². The van der Waals surface area contributed by atoms with Gasteiger partial charge in [0.25, 0.3) is 0 Å². The summed E-state index contributed by atoms with van der Waals surface area (Å²) in [6.07, 6.45) is 3.03. The van der Waals surface area contributed by atoms with Crippen LogP contribution in [0.1, 0.15) is 31.2 Å². The van der Waals surface area contributed by atoms with Gasteiger partial charge < -0.3 is 5.32 Å². The Kier molecular flexibility index (Phi) is 6.71. The second kappa shape index (κ2) is 9.17. The first-order chi connectivity index (χ1) is 14.7. The van der Waals surface area contributed by atoms with Crippen molar-refractivity contribution in [2.24, 2.45) is 5.92 Å². The predicted molar refractivity (Wildman–Crippen MR) is 119 cm³/mol. The number of hydrogen-bond donors (Lipinski definition) is 1. The van der Waals surface area contributed by atoms with Gasteiger partial charge in [-0.3, -0.25) is 9.69 Å². The molecule has 2 atom stereocenters. The second-order valence-corrected chi connectivity index (χ2v) is 13.0. The summed E-state index contributed by atoms with van der Waals surface area (Å²) in [6, 6.07) is 8.55. The zero-order chi connectivity index (χ0) is 22.1. The Balaban J connectivity index is 1.32. The molecule has 1 amide bonds. The molecule has 172 valence electrons. The molecule has 0 aromatic heterocycles. The lowest BCUT2D eigenvalue weighted by atomic mass is 9.96. The molecule has 0 bridgehead atoms. The highest BCUT2D eigenvalue weighted by Gasteiger charge is 2.43. The molecule has 8 nitrogen and oxygen atoms in total. The van der Waals surface area contributed by atoms with Crippen LogP contribution in [0, 0.1) is 5.92 Å². The van der Waals surface area contributed by atoms with Gasteiger partial charge in [0, 0.05) is 25.0 Å². The average molecular weight is 470 g/mol. The minimum Gasteiger partial charge on any atom is -0.350 e. The zero-order valence-electron chi connectivity index (χ0n) is 17.6. The van der Waals surface area contributed by atoms with Gasteiger partial charge in [0.15, 0.2) is 9.84 Å². The molecule has 3 saturated heterocycles. The van der Waals surface area contributed by atoms with Crippen LogP contribution in [0.5, 0.6) is 0 Å². The van der Waals surface area contributed by atoms with Crippen molar-refractivity contribution in [3.63, 3.8) is 0 Å². The number of sulfone groups is 1. The maximum absolute atomic E-state index is 12.9. The van der Waals surface area contributed by atoms with E-state index in [2.05, 4.69) is 10.2 Å². The summed E-state index contributed by atoms with van der Waals surface area (Å²) in [5.41, 5.74) is 0.748. The quantitative estimate of drug-likeness (QED) is 0.655. The van der Waals surface area contributed by atoms with E-state index in [1.807, 2.05) is 18.2 Å². The molecule has 4 rings (SSSR count). The Bertz CT molecular complexity index is 983. The Labute approximate surface area is 185 Å². The van der Waals surface area contributed by atoms with Crippen LogP contribution in [0.25, 0.3) is 0 Å². The molecule has 1 aromatic rings. The number of rotatable bonds is 6. The van der Waals surface area contributed by atoms with E-state index < -0.39 is 19.9 Å². The fraction of sp³-hybridized carbons (Fsp3) is 0.667. The Morgan fingerprint density at radius 1 is 1.00 bits per heavy atom. The number of hydrogen-bond acceptors (Lipinski definition) is 6. The maximum atomic E-state index is 12.9. The van der Waals surface area contributed by atoms with Gasteiger partial charge in [-0.1, -0.05) is 30.3 Å². The number of sulfonamides is 1. The number of benzene rings is 1. The monoisotopic (exact) mass is 469 g/mol. The molecule has 0 radical (unpaired) electrons. The van der Waals surface area contributed by atoms with Gasteiger partial charge in [0.1, 0.15) is 0 Å². The number of piperidine rings is 1. The normalized spacial score (nSPS) is 28.0. The van der Waals surface area contributed by atoms with Crippen molar-refractivity contribution in [3.8, 4) is 0 Å². The van der Waals surface area contributed by atoms with Crippen molar-refractivity contribution < 1.29 is 21.6 Å². The summed E-state index contributed by atoms with van der Waals surface area (Å²) in [5.74, 6) is -0.377. The van der Waals surface area contributed by atoms with Crippen molar-refractivity contribution in [1.29, 1.82) is 0 Å². The highest BCUT2D eigenvalue weighted by atomic mass is 32.2. The third-order valence-electron chi connectivity index (χ3n) is 6.67. The van der Waals surface area contributed by atoms with Crippen molar-refractivity contribution in [2.75, 3.05) is 37.7 Å². The largest absolute Gasteiger partial charge is 0.350 e. The minimum absolute atomic E-state index is 0.00972. The summed E-state index contributed by atoms with van der Waals surface area (Å²) in [7, 11) is -6.59.